The van der Waals surface area contributed by atoms with Crippen molar-refractivity contribution in [1.29, 1.82) is 0 Å². The first-order chi connectivity index (χ1) is 9.31. The number of benzene rings is 1. The molecule has 1 heterocycles. The van der Waals surface area contributed by atoms with E-state index in [-0.39, 0.29) is 0 Å². The molecule has 0 spiro atoms. The molecule has 0 aromatic heterocycles. The van der Waals surface area contributed by atoms with Gasteiger partial charge in [-0.25, -0.2) is 0 Å². The molecule has 1 aliphatic carbocycles. The first kappa shape index (κ1) is 12.3. The van der Waals surface area contributed by atoms with Crippen molar-refractivity contribution in [2.75, 3.05) is 13.2 Å². The van der Waals surface area contributed by atoms with Crippen molar-refractivity contribution in [3.05, 3.63) is 53.3 Å². The Morgan fingerprint density at radius 1 is 1.16 bits per heavy atom. The number of ether oxygens (including phenoxy) is 1. The molecule has 19 heavy (non-hydrogen) atoms. The molecule has 1 aromatic carbocycles. The minimum absolute atomic E-state index is 0.527. The number of rotatable bonds is 3. The van der Waals surface area contributed by atoms with Gasteiger partial charge in [0.25, 0.3) is 0 Å². The zero-order chi connectivity index (χ0) is 13.1. The lowest BCUT2D eigenvalue weighted by Gasteiger charge is -2.18. The number of hydrogen-bond acceptors (Lipinski definition) is 3. The van der Waals surface area contributed by atoms with Crippen molar-refractivity contribution in [2.24, 2.45) is 0 Å². The van der Waals surface area contributed by atoms with Gasteiger partial charge in [0.1, 0.15) is 12.4 Å². The maximum Gasteiger partial charge on any atom is 0.120 e. The van der Waals surface area contributed by atoms with Crippen molar-refractivity contribution >= 4 is 0 Å². The molecule has 0 amide bonds. The molecule has 100 valence electrons. The van der Waals surface area contributed by atoms with Crippen LogP contribution in [0.1, 0.15) is 24.0 Å². The first-order valence-electron chi connectivity index (χ1n) is 6.88. The minimum atomic E-state index is 0.527. The summed E-state index contributed by atoms with van der Waals surface area (Å²) in [5.41, 5.74) is 4.02. The van der Waals surface area contributed by atoms with E-state index in [1.54, 1.807) is 6.20 Å². The van der Waals surface area contributed by atoms with Crippen LogP contribution in [-0.4, -0.2) is 23.4 Å². The van der Waals surface area contributed by atoms with Crippen molar-refractivity contribution in [3.8, 4) is 5.75 Å². The van der Waals surface area contributed by atoms with Gasteiger partial charge in [-0.3, -0.25) is 10.3 Å². The van der Waals surface area contributed by atoms with Crippen molar-refractivity contribution in [2.45, 2.75) is 25.7 Å². The summed E-state index contributed by atoms with van der Waals surface area (Å²) >= 11 is 0. The monoisotopic (exact) mass is 257 g/mol. The van der Waals surface area contributed by atoms with Crippen LogP contribution in [0.4, 0.5) is 0 Å². The average molecular weight is 257 g/mol. The predicted octanol–water partition coefficient (Wildman–Crippen LogP) is 3.09. The molecule has 1 aliphatic heterocycles. The van der Waals surface area contributed by atoms with Gasteiger partial charge in [-0.05, 0) is 60.6 Å². The van der Waals surface area contributed by atoms with E-state index in [0.29, 0.717) is 13.2 Å². The SMILES string of the molecule is ON1C=CC(COc2ccc3c(c2)CCCC3)=CC1. The molecule has 1 aromatic rings. The number of nitrogens with zero attached hydrogens (tertiary/aromatic N) is 1. The van der Waals surface area contributed by atoms with Gasteiger partial charge in [-0.1, -0.05) is 12.1 Å². The summed E-state index contributed by atoms with van der Waals surface area (Å²) in [5, 5.41) is 10.4. The first-order valence-corrected chi connectivity index (χ1v) is 6.88. The van der Waals surface area contributed by atoms with Gasteiger partial charge in [0.15, 0.2) is 0 Å². The van der Waals surface area contributed by atoms with Gasteiger partial charge in [0, 0.05) is 6.20 Å². The molecular weight excluding hydrogens is 238 g/mol. The third-order valence-corrected chi connectivity index (χ3v) is 3.73. The lowest BCUT2D eigenvalue weighted by molar-refractivity contribution is -0.0307. The Morgan fingerprint density at radius 3 is 2.79 bits per heavy atom. The second kappa shape index (κ2) is 5.49. The molecule has 0 bridgehead atoms. The Morgan fingerprint density at radius 2 is 2.00 bits per heavy atom. The van der Waals surface area contributed by atoms with E-state index in [1.807, 2.05) is 12.2 Å². The summed E-state index contributed by atoms with van der Waals surface area (Å²) in [5.74, 6) is 0.946. The van der Waals surface area contributed by atoms with Crippen LogP contribution in [0.3, 0.4) is 0 Å². The molecule has 0 unspecified atom stereocenters. The van der Waals surface area contributed by atoms with Gasteiger partial charge in [-0.2, -0.15) is 0 Å². The highest BCUT2D eigenvalue weighted by atomic mass is 16.5. The van der Waals surface area contributed by atoms with Gasteiger partial charge >= 0.3 is 0 Å². The lowest BCUT2D eigenvalue weighted by Crippen LogP contribution is -2.16. The summed E-state index contributed by atoms with van der Waals surface area (Å²) in [6.45, 7) is 1.09. The number of aryl methyl sites for hydroxylation is 2. The zero-order valence-electron chi connectivity index (χ0n) is 11.0. The van der Waals surface area contributed by atoms with Gasteiger partial charge < -0.3 is 4.74 Å². The fraction of sp³-hybridized carbons (Fsp3) is 0.375. The molecule has 0 saturated carbocycles. The maximum atomic E-state index is 9.21. The van der Waals surface area contributed by atoms with Crippen LogP contribution in [0.5, 0.6) is 5.75 Å². The second-order valence-corrected chi connectivity index (χ2v) is 5.14. The van der Waals surface area contributed by atoms with Crippen molar-refractivity contribution < 1.29 is 9.94 Å². The number of hydroxylamine groups is 2. The van der Waals surface area contributed by atoms with E-state index in [2.05, 4.69) is 18.2 Å². The number of fused-ring (bicyclic) bond motifs is 1. The van der Waals surface area contributed by atoms with Crippen LogP contribution in [0.2, 0.25) is 0 Å². The average Bonchev–Trinajstić information content (AvgIpc) is 2.46. The lowest BCUT2D eigenvalue weighted by atomic mass is 9.92. The Bertz CT molecular complexity index is 519. The quantitative estimate of drug-likeness (QED) is 0.903. The molecule has 3 nitrogen and oxygen atoms in total. The third kappa shape index (κ3) is 2.99. The van der Waals surface area contributed by atoms with Crippen LogP contribution < -0.4 is 4.74 Å². The summed E-state index contributed by atoms with van der Waals surface area (Å²) in [4.78, 5) is 0. The molecule has 3 heteroatoms. The summed E-state index contributed by atoms with van der Waals surface area (Å²) in [6.07, 6.45) is 10.5. The molecule has 0 atom stereocenters. The van der Waals surface area contributed by atoms with E-state index in [1.165, 1.54) is 36.8 Å². The van der Waals surface area contributed by atoms with Crippen LogP contribution in [0, 0.1) is 0 Å². The summed E-state index contributed by atoms with van der Waals surface area (Å²) < 4.78 is 5.83. The van der Waals surface area contributed by atoms with E-state index < -0.39 is 0 Å². The van der Waals surface area contributed by atoms with E-state index in [9.17, 15) is 5.21 Å². The smallest absolute Gasteiger partial charge is 0.120 e. The second-order valence-electron chi connectivity index (χ2n) is 5.14. The Balaban J connectivity index is 1.63. The van der Waals surface area contributed by atoms with Crippen LogP contribution >= 0.6 is 0 Å². The van der Waals surface area contributed by atoms with Crippen LogP contribution in [0.25, 0.3) is 0 Å². The highest BCUT2D eigenvalue weighted by Gasteiger charge is 2.10. The summed E-state index contributed by atoms with van der Waals surface area (Å²) in [6, 6.07) is 6.44. The minimum Gasteiger partial charge on any atom is -0.489 e. The molecule has 2 aliphatic rings. The van der Waals surface area contributed by atoms with E-state index in [0.717, 1.165) is 16.4 Å². The van der Waals surface area contributed by atoms with Crippen LogP contribution in [0.15, 0.2) is 42.1 Å². The topological polar surface area (TPSA) is 32.7 Å². The van der Waals surface area contributed by atoms with E-state index >= 15 is 0 Å². The largest absolute Gasteiger partial charge is 0.489 e. The number of hydrogen-bond donors (Lipinski definition) is 1. The molecule has 0 fully saturated rings. The standard InChI is InChI=1S/C16H19NO2/c18-17-9-7-13(8-10-17)12-19-16-6-5-14-3-1-2-4-15(14)11-16/h5-9,11,18H,1-4,10,12H2. The molecular formula is C16H19NO2. The van der Waals surface area contributed by atoms with Crippen LogP contribution in [-0.2, 0) is 12.8 Å². The Labute approximate surface area is 113 Å². The summed E-state index contributed by atoms with van der Waals surface area (Å²) in [7, 11) is 0. The molecule has 0 saturated heterocycles. The van der Waals surface area contributed by atoms with Gasteiger partial charge in [0.2, 0.25) is 0 Å². The highest BCUT2D eigenvalue weighted by molar-refractivity contribution is 5.37. The third-order valence-electron chi connectivity index (χ3n) is 3.73. The zero-order valence-corrected chi connectivity index (χ0v) is 11.0. The van der Waals surface area contributed by atoms with Crippen molar-refractivity contribution in [3.63, 3.8) is 0 Å². The van der Waals surface area contributed by atoms with Gasteiger partial charge in [0.05, 0.1) is 6.54 Å². The Hall–Kier alpha value is -1.74. The fourth-order valence-electron chi connectivity index (χ4n) is 2.59. The Kier molecular flexibility index (Phi) is 3.56. The predicted molar refractivity (Wildman–Crippen MR) is 74.3 cm³/mol. The van der Waals surface area contributed by atoms with Gasteiger partial charge in [-0.15, -0.1) is 0 Å². The fourth-order valence-corrected chi connectivity index (χ4v) is 2.59. The van der Waals surface area contributed by atoms with Crippen molar-refractivity contribution in [1.82, 2.24) is 5.06 Å². The van der Waals surface area contributed by atoms with E-state index in [4.69, 9.17) is 4.74 Å². The maximum absolute atomic E-state index is 9.21. The highest BCUT2D eigenvalue weighted by Crippen LogP contribution is 2.25. The normalized spacial score (nSPS) is 17.9. The molecule has 3 rings (SSSR count). The molecule has 0 radical (unpaired) electrons. The molecule has 1 N–H and O–H groups in total.